The van der Waals surface area contributed by atoms with Crippen LogP contribution in [0.4, 0.5) is 11.4 Å². The van der Waals surface area contributed by atoms with Gasteiger partial charge in [0.25, 0.3) is 0 Å². The van der Waals surface area contributed by atoms with E-state index in [1.165, 1.54) is 32.6 Å². The predicted octanol–water partition coefficient (Wildman–Crippen LogP) is 5.99. The van der Waals surface area contributed by atoms with E-state index in [-0.39, 0.29) is 34.9 Å². The van der Waals surface area contributed by atoms with Crippen LogP contribution in [0.25, 0.3) is 0 Å². The highest BCUT2D eigenvalue weighted by Crippen LogP contribution is 2.68. The summed E-state index contributed by atoms with van der Waals surface area (Å²) in [4.78, 5) is 24.0. The Morgan fingerprint density at radius 2 is 1.55 bits per heavy atom. The Morgan fingerprint density at radius 1 is 0.921 bits per heavy atom. The van der Waals surface area contributed by atoms with Crippen molar-refractivity contribution in [1.82, 2.24) is 0 Å². The van der Waals surface area contributed by atoms with Gasteiger partial charge in [-0.2, -0.15) is 0 Å². The zero-order valence-electron chi connectivity index (χ0n) is 23.7. The number of rotatable bonds is 6. The maximum Gasteiger partial charge on any atom is 0.224 e. The molecule has 0 radical (unpaired) electrons. The lowest BCUT2D eigenvalue weighted by Crippen LogP contribution is -2.58. The molecule has 0 aromatic heterocycles. The van der Waals surface area contributed by atoms with E-state index in [1.807, 2.05) is 12.1 Å². The standard InChI is InChI=1S/C32H48N2O4/c1-19(5-12-29(38)34-23-8-6-22(7-9-23)33-20(2)35)25-10-11-26-30-27(14-16-32(25,26)4)31(3)15-13-24(36)17-21(31)18-28(30)37/h6-9,19,21,24-28,30,36-37H,5,10-18H2,1-4H3,(H,33,35)(H,34,38). The molecule has 0 spiro atoms. The van der Waals surface area contributed by atoms with Crippen LogP contribution in [0.3, 0.4) is 0 Å². The summed E-state index contributed by atoms with van der Waals surface area (Å²) in [5.41, 5.74) is 1.95. The molecule has 6 heteroatoms. The van der Waals surface area contributed by atoms with E-state index >= 15 is 0 Å². The molecule has 4 N–H and O–H groups in total. The second-order valence-electron chi connectivity index (χ2n) is 13.8. The number of nitrogens with one attached hydrogen (secondary N) is 2. The Labute approximate surface area is 228 Å². The molecule has 4 aliphatic carbocycles. The molecular weight excluding hydrogens is 476 g/mol. The number of fused-ring (bicyclic) bond motifs is 5. The van der Waals surface area contributed by atoms with Crippen molar-refractivity contribution in [1.29, 1.82) is 0 Å². The van der Waals surface area contributed by atoms with E-state index in [0.29, 0.717) is 41.9 Å². The second kappa shape index (κ2) is 10.6. The first-order valence-electron chi connectivity index (χ1n) is 15.0. The van der Waals surface area contributed by atoms with Crippen molar-refractivity contribution in [3.63, 3.8) is 0 Å². The number of aliphatic hydroxyl groups is 2. The largest absolute Gasteiger partial charge is 0.393 e. The number of hydrogen-bond donors (Lipinski definition) is 4. The first kappa shape index (κ1) is 27.6. The fraction of sp³-hybridized carbons (Fsp3) is 0.750. The molecule has 0 heterocycles. The average molecular weight is 525 g/mol. The van der Waals surface area contributed by atoms with Crippen molar-refractivity contribution in [2.24, 2.45) is 46.3 Å². The van der Waals surface area contributed by atoms with E-state index in [2.05, 4.69) is 31.4 Å². The van der Waals surface area contributed by atoms with Crippen molar-refractivity contribution in [3.8, 4) is 0 Å². The second-order valence-corrected chi connectivity index (χ2v) is 13.8. The molecule has 5 rings (SSSR count). The first-order valence-corrected chi connectivity index (χ1v) is 15.0. The average Bonchev–Trinajstić information content (AvgIpc) is 3.22. The first-order chi connectivity index (χ1) is 18.0. The summed E-state index contributed by atoms with van der Waals surface area (Å²) >= 11 is 0. The molecule has 4 aliphatic rings. The summed E-state index contributed by atoms with van der Waals surface area (Å²) in [5.74, 6) is 2.93. The van der Waals surface area contributed by atoms with Crippen LogP contribution in [0.5, 0.6) is 0 Å². The highest BCUT2D eigenvalue weighted by molar-refractivity contribution is 5.92. The van der Waals surface area contributed by atoms with Gasteiger partial charge in [0.2, 0.25) is 11.8 Å². The van der Waals surface area contributed by atoms with Gasteiger partial charge in [0, 0.05) is 24.7 Å². The summed E-state index contributed by atoms with van der Waals surface area (Å²) < 4.78 is 0. The summed E-state index contributed by atoms with van der Waals surface area (Å²) in [5, 5.41) is 27.5. The maximum atomic E-state index is 12.7. The number of carbonyl (C=O) groups excluding carboxylic acids is 2. The Hall–Kier alpha value is -1.92. The molecule has 210 valence electrons. The fourth-order valence-electron chi connectivity index (χ4n) is 9.80. The molecule has 6 nitrogen and oxygen atoms in total. The van der Waals surface area contributed by atoms with Gasteiger partial charge in [-0.25, -0.2) is 0 Å². The van der Waals surface area contributed by atoms with Crippen LogP contribution in [0.15, 0.2) is 24.3 Å². The SMILES string of the molecule is CC(=O)Nc1ccc(NC(=O)CCC(C)C2CCC3C4C(O)CC5CC(O)CCC5(C)C4CCC23C)cc1. The van der Waals surface area contributed by atoms with Crippen LogP contribution in [0.2, 0.25) is 0 Å². The number of amides is 2. The molecular formula is C32H48N2O4. The molecule has 1 aromatic carbocycles. The Balaban J connectivity index is 1.19. The minimum absolute atomic E-state index is 0.0358. The van der Waals surface area contributed by atoms with Crippen molar-refractivity contribution >= 4 is 23.2 Å². The number of hydrogen-bond acceptors (Lipinski definition) is 4. The minimum Gasteiger partial charge on any atom is -0.393 e. The van der Waals surface area contributed by atoms with Gasteiger partial charge in [-0.05, 0) is 128 Å². The molecule has 0 aliphatic heterocycles. The zero-order chi connectivity index (χ0) is 27.2. The molecule has 0 saturated heterocycles. The summed E-state index contributed by atoms with van der Waals surface area (Å²) in [6, 6.07) is 7.24. The van der Waals surface area contributed by atoms with Gasteiger partial charge in [0.1, 0.15) is 0 Å². The van der Waals surface area contributed by atoms with E-state index in [9.17, 15) is 19.8 Å². The summed E-state index contributed by atoms with van der Waals surface area (Å²) in [6.07, 6.45) is 9.47. The van der Waals surface area contributed by atoms with E-state index < -0.39 is 0 Å². The highest BCUT2D eigenvalue weighted by atomic mass is 16.3. The van der Waals surface area contributed by atoms with Gasteiger partial charge in [0.15, 0.2) is 0 Å². The number of anilines is 2. The molecule has 38 heavy (non-hydrogen) atoms. The smallest absolute Gasteiger partial charge is 0.224 e. The van der Waals surface area contributed by atoms with Crippen molar-refractivity contribution in [2.45, 2.75) is 104 Å². The lowest BCUT2D eigenvalue weighted by molar-refractivity contribution is -0.174. The zero-order valence-corrected chi connectivity index (χ0v) is 23.7. The topological polar surface area (TPSA) is 98.7 Å². The Kier molecular flexibility index (Phi) is 7.69. The molecule has 10 atom stereocenters. The number of carbonyl (C=O) groups is 2. The number of benzene rings is 1. The molecule has 4 saturated carbocycles. The summed E-state index contributed by atoms with van der Waals surface area (Å²) in [7, 11) is 0. The monoisotopic (exact) mass is 524 g/mol. The maximum absolute atomic E-state index is 12.7. The quantitative estimate of drug-likeness (QED) is 0.367. The van der Waals surface area contributed by atoms with Crippen molar-refractivity contribution in [2.75, 3.05) is 10.6 Å². The van der Waals surface area contributed by atoms with Crippen LogP contribution in [-0.4, -0.2) is 34.2 Å². The van der Waals surface area contributed by atoms with Crippen LogP contribution in [-0.2, 0) is 9.59 Å². The minimum atomic E-state index is -0.245. The number of aliphatic hydroxyl groups excluding tert-OH is 2. The van der Waals surface area contributed by atoms with Crippen molar-refractivity contribution < 1.29 is 19.8 Å². The lowest BCUT2D eigenvalue weighted by Gasteiger charge is -2.62. The van der Waals surface area contributed by atoms with Crippen LogP contribution in [0.1, 0.15) is 91.9 Å². The van der Waals surface area contributed by atoms with Gasteiger partial charge in [-0.15, -0.1) is 0 Å². The van der Waals surface area contributed by atoms with Gasteiger partial charge in [-0.1, -0.05) is 20.8 Å². The molecule has 0 bridgehead atoms. The third-order valence-electron chi connectivity index (χ3n) is 11.7. The van der Waals surface area contributed by atoms with E-state index in [1.54, 1.807) is 12.1 Å². The van der Waals surface area contributed by atoms with Crippen LogP contribution in [0, 0.1) is 46.3 Å². The molecule has 2 amide bonds. The third-order valence-corrected chi connectivity index (χ3v) is 11.7. The fourth-order valence-corrected chi connectivity index (χ4v) is 9.80. The predicted molar refractivity (Wildman–Crippen MR) is 150 cm³/mol. The highest BCUT2D eigenvalue weighted by Gasteiger charge is 2.62. The van der Waals surface area contributed by atoms with Gasteiger partial charge < -0.3 is 20.8 Å². The Bertz CT molecular complexity index is 1030. The summed E-state index contributed by atoms with van der Waals surface area (Å²) in [6.45, 7) is 8.77. The van der Waals surface area contributed by atoms with Gasteiger partial charge in [-0.3, -0.25) is 9.59 Å². The molecule has 4 fully saturated rings. The normalized spacial score (nSPS) is 40.8. The third kappa shape index (κ3) is 5.03. The van der Waals surface area contributed by atoms with Gasteiger partial charge in [0.05, 0.1) is 12.2 Å². The molecule has 1 aromatic rings. The van der Waals surface area contributed by atoms with Crippen LogP contribution < -0.4 is 10.6 Å². The Morgan fingerprint density at radius 3 is 2.24 bits per heavy atom. The lowest BCUT2D eigenvalue weighted by atomic mass is 9.43. The van der Waals surface area contributed by atoms with Crippen molar-refractivity contribution in [3.05, 3.63) is 24.3 Å². The van der Waals surface area contributed by atoms with Crippen LogP contribution >= 0.6 is 0 Å². The van der Waals surface area contributed by atoms with E-state index in [0.717, 1.165) is 43.5 Å². The molecule has 10 unspecified atom stereocenters. The van der Waals surface area contributed by atoms with Gasteiger partial charge >= 0.3 is 0 Å². The van der Waals surface area contributed by atoms with E-state index in [4.69, 9.17) is 0 Å².